The van der Waals surface area contributed by atoms with Crippen LogP contribution in [-0.2, 0) is 0 Å². The van der Waals surface area contributed by atoms with Crippen molar-refractivity contribution in [3.8, 4) is 5.69 Å². The van der Waals surface area contributed by atoms with Gasteiger partial charge in [-0.2, -0.15) is 4.68 Å². The molecule has 0 atom stereocenters. The summed E-state index contributed by atoms with van der Waals surface area (Å²) in [5.74, 6) is 0.750. The Balaban J connectivity index is 1.72. The highest BCUT2D eigenvalue weighted by Crippen LogP contribution is 2.25. The van der Waals surface area contributed by atoms with Crippen LogP contribution in [0.4, 0.5) is 0 Å². The number of hydrogen-bond acceptors (Lipinski definition) is 6. The number of carbonyl (C=O) groups excluding carboxylic acids is 1. The Morgan fingerprint density at radius 2 is 2.00 bits per heavy atom. The van der Waals surface area contributed by atoms with Crippen LogP contribution in [0.25, 0.3) is 5.69 Å². The lowest BCUT2D eigenvalue weighted by molar-refractivity contribution is 0.102. The summed E-state index contributed by atoms with van der Waals surface area (Å²) < 4.78 is 2.25. The maximum absolute atomic E-state index is 12.2. The number of aromatic nitrogens is 4. The lowest BCUT2D eigenvalue weighted by Crippen LogP contribution is -2.03. The largest absolute Gasteiger partial charge is 0.292 e. The quantitative estimate of drug-likeness (QED) is 0.467. The zero-order valence-corrected chi connectivity index (χ0v) is 15.5. The Kier molecular flexibility index (Phi) is 5.33. The number of rotatable bonds is 6. The zero-order valence-electron chi connectivity index (χ0n) is 13.1. The van der Waals surface area contributed by atoms with E-state index in [9.17, 15) is 4.79 Å². The molecular weight excluding hydrogens is 364 g/mol. The third kappa shape index (κ3) is 3.85. The average molecular weight is 379 g/mol. The molecule has 124 valence electrons. The molecular formula is C16H15ClN4OS2. The van der Waals surface area contributed by atoms with E-state index in [1.807, 2.05) is 12.1 Å². The summed E-state index contributed by atoms with van der Waals surface area (Å²) in [4.78, 5) is 12.8. The zero-order chi connectivity index (χ0) is 17.1. The number of nitrogens with zero attached hydrogens (tertiary/aromatic N) is 4. The summed E-state index contributed by atoms with van der Waals surface area (Å²) in [5, 5.41) is 12.3. The van der Waals surface area contributed by atoms with Crippen LogP contribution in [-0.4, -0.2) is 31.7 Å². The van der Waals surface area contributed by atoms with Crippen LogP contribution in [0.2, 0.25) is 4.34 Å². The van der Waals surface area contributed by atoms with Gasteiger partial charge in [0.05, 0.1) is 20.7 Å². The second-order valence-corrected chi connectivity index (χ2v) is 8.09. The molecule has 0 saturated carbocycles. The Morgan fingerprint density at radius 1 is 1.25 bits per heavy atom. The summed E-state index contributed by atoms with van der Waals surface area (Å²) in [6, 6.07) is 11.6. The molecule has 0 aliphatic carbocycles. The van der Waals surface area contributed by atoms with Crippen molar-refractivity contribution in [3.63, 3.8) is 0 Å². The predicted molar refractivity (Wildman–Crippen MR) is 97.6 cm³/mol. The van der Waals surface area contributed by atoms with Gasteiger partial charge < -0.3 is 0 Å². The number of benzene rings is 1. The average Bonchev–Trinajstić information content (AvgIpc) is 3.21. The van der Waals surface area contributed by atoms with E-state index >= 15 is 0 Å². The number of tetrazole rings is 1. The van der Waals surface area contributed by atoms with Gasteiger partial charge in [-0.1, -0.05) is 49.3 Å². The Bertz CT molecular complexity index is 842. The molecule has 2 aromatic heterocycles. The van der Waals surface area contributed by atoms with Crippen LogP contribution < -0.4 is 0 Å². The normalized spacial score (nSPS) is 11.2. The molecule has 5 nitrogen and oxygen atoms in total. The summed E-state index contributed by atoms with van der Waals surface area (Å²) in [6.45, 7) is 4.30. The number of carbonyl (C=O) groups is 1. The van der Waals surface area contributed by atoms with Gasteiger partial charge in [0.1, 0.15) is 0 Å². The number of hydrogen-bond donors (Lipinski definition) is 0. The van der Waals surface area contributed by atoms with Gasteiger partial charge in [-0.05, 0) is 46.2 Å². The highest BCUT2D eigenvalue weighted by atomic mass is 35.5. The van der Waals surface area contributed by atoms with Crippen LogP contribution in [0.15, 0.2) is 41.6 Å². The fraction of sp³-hybridized carbons (Fsp3) is 0.250. The summed E-state index contributed by atoms with van der Waals surface area (Å²) >= 11 is 8.46. The van der Waals surface area contributed by atoms with Gasteiger partial charge >= 0.3 is 0 Å². The fourth-order valence-corrected chi connectivity index (χ4v) is 3.94. The molecule has 0 fully saturated rings. The molecule has 3 rings (SSSR count). The van der Waals surface area contributed by atoms with E-state index in [1.54, 1.807) is 16.8 Å². The van der Waals surface area contributed by atoms with E-state index < -0.39 is 0 Å². The standard InChI is InChI=1S/C16H15ClN4OS2/c1-10(2)11-3-5-12(6-4-11)21-16(18-19-20-21)23-9-13(22)14-7-8-15(17)24-14/h3-8,10H,9H2,1-2H3. The summed E-state index contributed by atoms with van der Waals surface area (Å²) in [7, 11) is 0. The second-order valence-electron chi connectivity index (χ2n) is 5.44. The Labute approximate surface area is 153 Å². The number of thiophene rings is 1. The molecule has 0 aliphatic rings. The highest BCUT2D eigenvalue weighted by molar-refractivity contribution is 7.99. The number of Topliss-reactive ketones (excluding diaryl/α,β-unsaturated/α-hetero) is 1. The van der Waals surface area contributed by atoms with Gasteiger partial charge in [0, 0.05) is 0 Å². The number of halogens is 1. The molecule has 8 heteroatoms. The highest BCUT2D eigenvalue weighted by Gasteiger charge is 2.14. The molecule has 0 unspecified atom stereocenters. The first-order chi connectivity index (χ1) is 11.5. The smallest absolute Gasteiger partial charge is 0.214 e. The molecule has 0 saturated heterocycles. The van der Waals surface area contributed by atoms with E-state index in [1.165, 1.54) is 28.7 Å². The maximum atomic E-state index is 12.2. The van der Waals surface area contributed by atoms with Crippen molar-refractivity contribution in [1.29, 1.82) is 0 Å². The van der Waals surface area contributed by atoms with Crippen LogP contribution in [0, 0.1) is 0 Å². The first kappa shape index (κ1) is 17.1. The van der Waals surface area contributed by atoms with Crippen molar-refractivity contribution in [2.24, 2.45) is 0 Å². The molecule has 0 aliphatic heterocycles. The first-order valence-corrected chi connectivity index (χ1v) is 9.52. The third-order valence-electron chi connectivity index (χ3n) is 3.43. The van der Waals surface area contributed by atoms with Crippen molar-refractivity contribution < 1.29 is 4.79 Å². The second kappa shape index (κ2) is 7.46. The fourth-order valence-electron chi connectivity index (χ4n) is 2.10. The van der Waals surface area contributed by atoms with Gasteiger partial charge in [-0.3, -0.25) is 4.79 Å². The predicted octanol–water partition coefficient (Wildman–Crippen LogP) is 4.48. The van der Waals surface area contributed by atoms with Crippen LogP contribution in [0.5, 0.6) is 0 Å². The molecule has 0 N–H and O–H groups in total. The lowest BCUT2D eigenvalue weighted by Gasteiger charge is -2.07. The van der Waals surface area contributed by atoms with Crippen LogP contribution in [0.3, 0.4) is 0 Å². The maximum Gasteiger partial charge on any atom is 0.214 e. The SMILES string of the molecule is CC(C)c1ccc(-n2nnnc2SCC(=O)c2ccc(Cl)s2)cc1. The van der Waals surface area contributed by atoms with Crippen molar-refractivity contribution in [3.05, 3.63) is 51.2 Å². The molecule has 2 heterocycles. The van der Waals surface area contributed by atoms with Gasteiger partial charge in [0.15, 0.2) is 5.78 Å². The minimum absolute atomic E-state index is 0.0154. The van der Waals surface area contributed by atoms with Crippen molar-refractivity contribution in [2.45, 2.75) is 24.9 Å². The molecule has 1 aromatic carbocycles. The third-order valence-corrected chi connectivity index (χ3v) is 5.62. The van der Waals surface area contributed by atoms with Crippen LogP contribution in [0.1, 0.15) is 35.0 Å². The molecule has 0 spiro atoms. The summed E-state index contributed by atoms with van der Waals surface area (Å²) in [5.41, 5.74) is 2.13. The van der Waals surface area contributed by atoms with Gasteiger partial charge in [-0.15, -0.1) is 16.4 Å². The van der Waals surface area contributed by atoms with E-state index in [4.69, 9.17) is 11.6 Å². The van der Waals surface area contributed by atoms with Gasteiger partial charge in [0.2, 0.25) is 5.16 Å². The van der Waals surface area contributed by atoms with Crippen molar-refractivity contribution in [1.82, 2.24) is 20.2 Å². The molecule has 3 aromatic rings. The molecule has 0 radical (unpaired) electrons. The van der Waals surface area contributed by atoms with Crippen LogP contribution >= 0.6 is 34.7 Å². The molecule has 24 heavy (non-hydrogen) atoms. The number of thioether (sulfide) groups is 1. The van der Waals surface area contributed by atoms with Crippen molar-refractivity contribution in [2.75, 3.05) is 5.75 Å². The lowest BCUT2D eigenvalue weighted by atomic mass is 10.0. The summed E-state index contributed by atoms with van der Waals surface area (Å²) in [6.07, 6.45) is 0. The minimum atomic E-state index is 0.0154. The first-order valence-electron chi connectivity index (χ1n) is 7.34. The Morgan fingerprint density at radius 3 is 2.62 bits per heavy atom. The topological polar surface area (TPSA) is 60.7 Å². The van der Waals surface area contributed by atoms with E-state index in [2.05, 4.69) is 41.5 Å². The molecule has 0 bridgehead atoms. The van der Waals surface area contributed by atoms with E-state index in [0.29, 0.717) is 20.3 Å². The Hall–Kier alpha value is -1.70. The van der Waals surface area contributed by atoms with E-state index in [0.717, 1.165) is 5.69 Å². The van der Waals surface area contributed by atoms with Gasteiger partial charge in [0.25, 0.3) is 0 Å². The molecule has 0 amide bonds. The van der Waals surface area contributed by atoms with E-state index in [-0.39, 0.29) is 11.5 Å². The van der Waals surface area contributed by atoms with Crippen molar-refractivity contribution >= 4 is 40.5 Å². The number of ketones is 1. The van der Waals surface area contributed by atoms with Gasteiger partial charge in [-0.25, -0.2) is 0 Å². The minimum Gasteiger partial charge on any atom is -0.292 e. The monoisotopic (exact) mass is 378 g/mol.